The molecule has 1 heterocycles. The van der Waals surface area contributed by atoms with Crippen LogP contribution in [0.25, 0.3) is 6.08 Å². The summed E-state index contributed by atoms with van der Waals surface area (Å²) in [6.45, 7) is 6.26. The summed E-state index contributed by atoms with van der Waals surface area (Å²) in [5.74, 6) is 0.476. The van der Waals surface area contributed by atoms with Gasteiger partial charge in [0.1, 0.15) is 5.82 Å². The van der Waals surface area contributed by atoms with Gasteiger partial charge in [0.15, 0.2) is 17.3 Å². The average molecular weight is 399 g/mol. The number of ketones is 1. The van der Waals surface area contributed by atoms with E-state index in [2.05, 4.69) is 0 Å². The number of rotatable bonds is 7. The smallest absolute Gasteiger partial charge is 0.185 e. The molecule has 0 spiro atoms. The van der Waals surface area contributed by atoms with Gasteiger partial charge < -0.3 is 19.1 Å². The van der Waals surface area contributed by atoms with Gasteiger partial charge in [-0.2, -0.15) is 0 Å². The predicted octanol–water partition coefficient (Wildman–Crippen LogP) is 4.35. The summed E-state index contributed by atoms with van der Waals surface area (Å²) in [6.07, 6.45) is 3.04. The summed E-state index contributed by atoms with van der Waals surface area (Å²) in [5.41, 5.74) is 1.51. The number of methoxy groups -OCH3 is 1. The number of hydrogen-bond acceptors (Lipinski definition) is 5. The van der Waals surface area contributed by atoms with Crippen LogP contribution >= 0.6 is 0 Å². The maximum absolute atomic E-state index is 14.6. The van der Waals surface area contributed by atoms with Gasteiger partial charge in [-0.25, -0.2) is 4.39 Å². The molecule has 0 unspecified atom stereocenters. The van der Waals surface area contributed by atoms with Crippen molar-refractivity contribution < 1.29 is 23.4 Å². The molecular formula is C23H26FNO4. The minimum absolute atomic E-state index is 0.0454. The first-order valence-corrected chi connectivity index (χ1v) is 9.68. The molecule has 0 radical (unpaired) electrons. The molecule has 0 saturated carbocycles. The van der Waals surface area contributed by atoms with Crippen molar-refractivity contribution in [2.24, 2.45) is 0 Å². The normalized spacial score (nSPS) is 14.4. The number of anilines is 1. The van der Waals surface area contributed by atoms with E-state index >= 15 is 0 Å². The second-order valence-corrected chi connectivity index (χ2v) is 7.01. The quantitative estimate of drug-likeness (QED) is 0.512. The number of halogens is 1. The molecule has 3 rings (SSSR count). The Hall–Kier alpha value is -2.86. The number of morpholine rings is 1. The number of carbonyl (C=O) groups is 1. The van der Waals surface area contributed by atoms with Gasteiger partial charge in [-0.1, -0.05) is 12.1 Å². The zero-order valence-corrected chi connectivity index (χ0v) is 17.0. The summed E-state index contributed by atoms with van der Waals surface area (Å²) in [5, 5.41) is 0. The van der Waals surface area contributed by atoms with E-state index in [0.29, 0.717) is 49.1 Å². The van der Waals surface area contributed by atoms with Gasteiger partial charge in [0.05, 0.1) is 32.1 Å². The number of ether oxygens (including phenoxy) is 3. The van der Waals surface area contributed by atoms with Gasteiger partial charge in [0.2, 0.25) is 0 Å². The lowest BCUT2D eigenvalue weighted by Crippen LogP contribution is -2.36. The van der Waals surface area contributed by atoms with Gasteiger partial charge in [0, 0.05) is 24.2 Å². The molecule has 0 N–H and O–H groups in total. The van der Waals surface area contributed by atoms with E-state index in [1.165, 1.54) is 12.1 Å². The molecule has 1 fully saturated rings. The van der Waals surface area contributed by atoms with Gasteiger partial charge >= 0.3 is 0 Å². The summed E-state index contributed by atoms with van der Waals surface area (Å²) in [4.78, 5) is 14.5. The van der Waals surface area contributed by atoms with Crippen LogP contribution in [0.5, 0.6) is 11.5 Å². The first kappa shape index (κ1) is 20.9. The molecule has 1 aliphatic rings. The monoisotopic (exact) mass is 399 g/mol. The largest absolute Gasteiger partial charge is 0.493 e. The number of hydrogen-bond donors (Lipinski definition) is 0. The maximum atomic E-state index is 14.6. The molecule has 1 saturated heterocycles. The number of nitrogens with zero attached hydrogens (tertiary/aromatic N) is 1. The topological polar surface area (TPSA) is 48.0 Å². The second kappa shape index (κ2) is 9.56. The van der Waals surface area contributed by atoms with Crippen LogP contribution < -0.4 is 14.4 Å². The van der Waals surface area contributed by atoms with Crippen LogP contribution in [0.15, 0.2) is 42.5 Å². The van der Waals surface area contributed by atoms with Crippen molar-refractivity contribution in [3.05, 3.63) is 59.4 Å². The predicted molar refractivity (Wildman–Crippen MR) is 112 cm³/mol. The SMILES string of the molecule is COc1cccc(/C=C/C(=O)c2ccc(N3CCOCC3)c(F)c2)c1OC(C)C. The second-order valence-electron chi connectivity index (χ2n) is 7.01. The van der Waals surface area contributed by atoms with Gasteiger partial charge in [0.25, 0.3) is 0 Å². The van der Waals surface area contributed by atoms with Crippen LogP contribution in [0.3, 0.4) is 0 Å². The van der Waals surface area contributed by atoms with Gasteiger partial charge in [-0.05, 0) is 50.3 Å². The molecule has 29 heavy (non-hydrogen) atoms. The third-order valence-corrected chi connectivity index (χ3v) is 4.58. The molecule has 0 aromatic heterocycles. The molecule has 2 aromatic rings. The fraction of sp³-hybridized carbons (Fsp3) is 0.348. The van der Waals surface area contributed by atoms with Crippen LogP contribution in [-0.4, -0.2) is 45.3 Å². The van der Waals surface area contributed by atoms with Crippen molar-refractivity contribution in [2.45, 2.75) is 20.0 Å². The highest BCUT2D eigenvalue weighted by Crippen LogP contribution is 2.33. The van der Waals surface area contributed by atoms with Crippen LogP contribution in [0, 0.1) is 5.82 Å². The van der Waals surface area contributed by atoms with Gasteiger partial charge in [-0.15, -0.1) is 0 Å². The standard InChI is InChI=1S/C23H26FNO4/c1-16(2)29-23-17(5-4-6-22(23)27-3)8-10-21(26)18-7-9-20(19(24)15-18)25-11-13-28-14-12-25/h4-10,15-16H,11-14H2,1-3H3/b10-8+. The Kier molecular flexibility index (Phi) is 6.88. The van der Waals surface area contributed by atoms with E-state index < -0.39 is 5.82 Å². The van der Waals surface area contributed by atoms with Crippen molar-refractivity contribution in [1.82, 2.24) is 0 Å². The molecule has 1 aliphatic heterocycles. The number of allylic oxidation sites excluding steroid dienone is 1. The average Bonchev–Trinajstić information content (AvgIpc) is 2.72. The zero-order chi connectivity index (χ0) is 20.8. The summed E-state index contributed by atoms with van der Waals surface area (Å²) >= 11 is 0. The van der Waals surface area contributed by atoms with Crippen molar-refractivity contribution in [2.75, 3.05) is 38.3 Å². The Labute approximate surface area is 170 Å². The molecule has 0 atom stereocenters. The highest BCUT2D eigenvalue weighted by atomic mass is 19.1. The lowest BCUT2D eigenvalue weighted by atomic mass is 10.1. The molecule has 0 bridgehead atoms. The number of carbonyl (C=O) groups excluding carboxylic acids is 1. The Morgan fingerprint density at radius 1 is 1.21 bits per heavy atom. The molecule has 154 valence electrons. The molecular weight excluding hydrogens is 373 g/mol. The van der Waals surface area contributed by atoms with E-state index in [4.69, 9.17) is 14.2 Å². The first-order chi connectivity index (χ1) is 14.0. The fourth-order valence-electron chi connectivity index (χ4n) is 3.17. The van der Waals surface area contributed by atoms with Gasteiger partial charge in [-0.3, -0.25) is 4.79 Å². The fourth-order valence-corrected chi connectivity index (χ4v) is 3.17. The zero-order valence-electron chi connectivity index (χ0n) is 17.0. The van der Waals surface area contributed by atoms with Crippen molar-refractivity contribution in [3.63, 3.8) is 0 Å². The minimum atomic E-state index is -0.406. The molecule has 0 aliphatic carbocycles. The highest BCUT2D eigenvalue weighted by Gasteiger charge is 2.17. The summed E-state index contributed by atoms with van der Waals surface area (Å²) < 4.78 is 31.1. The van der Waals surface area contributed by atoms with E-state index in [0.717, 1.165) is 5.56 Å². The third-order valence-electron chi connectivity index (χ3n) is 4.58. The van der Waals surface area contributed by atoms with E-state index in [1.807, 2.05) is 30.9 Å². The van der Waals surface area contributed by atoms with Crippen molar-refractivity contribution >= 4 is 17.5 Å². The van der Waals surface area contributed by atoms with E-state index in [-0.39, 0.29) is 11.9 Å². The minimum Gasteiger partial charge on any atom is -0.493 e. The lowest BCUT2D eigenvalue weighted by Gasteiger charge is -2.29. The van der Waals surface area contributed by atoms with Crippen molar-refractivity contribution in [3.8, 4) is 11.5 Å². The van der Waals surface area contributed by atoms with Crippen LogP contribution in [-0.2, 0) is 4.74 Å². The Morgan fingerprint density at radius 3 is 2.62 bits per heavy atom. The Balaban J connectivity index is 1.80. The van der Waals surface area contributed by atoms with Crippen molar-refractivity contribution in [1.29, 1.82) is 0 Å². The lowest BCUT2D eigenvalue weighted by molar-refractivity contribution is 0.104. The molecule has 5 nitrogen and oxygen atoms in total. The molecule has 2 aromatic carbocycles. The number of para-hydroxylation sites is 1. The van der Waals surface area contributed by atoms with Crippen LogP contribution in [0.2, 0.25) is 0 Å². The van der Waals surface area contributed by atoms with E-state index in [9.17, 15) is 9.18 Å². The summed E-state index contributed by atoms with van der Waals surface area (Å²) in [7, 11) is 1.57. The molecule has 6 heteroatoms. The Morgan fingerprint density at radius 2 is 1.97 bits per heavy atom. The van der Waals surface area contributed by atoms with Crippen LogP contribution in [0.1, 0.15) is 29.8 Å². The maximum Gasteiger partial charge on any atom is 0.185 e. The summed E-state index contributed by atoms with van der Waals surface area (Å²) in [6, 6.07) is 10.1. The van der Waals surface area contributed by atoms with E-state index in [1.54, 1.807) is 31.4 Å². The van der Waals surface area contributed by atoms with Crippen LogP contribution in [0.4, 0.5) is 10.1 Å². The number of benzene rings is 2. The first-order valence-electron chi connectivity index (χ1n) is 9.68. The highest BCUT2D eigenvalue weighted by molar-refractivity contribution is 6.07. The Bertz CT molecular complexity index is 888. The third kappa shape index (κ3) is 5.15. The molecule has 0 amide bonds.